The van der Waals surface area contributed by atoms with Crippen LogP contribution in [0.15, 0.2) is 18.2 Å². The van der Waals surface area contributed by atoms with Gasteiger partial charge in [-0.2, -0.15) is 0 Å². The van der Waals surface area contributed by atoms with Crippen LogP contribution in [0.3, 0.4) is 0 Å². The maximum absolute atomic E-state index is 5.56. The van der Waals surface area contributed by atoms with Crippen molar-refractivity contribution in [1.29, 1.82) is 0 Å². The maximum atomic E-state index is 5.56. The van der Waals surface area contributed by atoms with Gasteiger partial charge in [0.2, 0.25) is 0 Å². The van der Waals surface area contributed by atoms with Gasteiger partial charge in [-0.15, -0.1) is 0 Å². The van der Waals surface area contributed by atoms with E-state index in [1.165, 1.54) is 5.56 Å². The van der Waals surface area contributed by atoms with E-state index in [1.54, 1.807) is 7.11 Å². The molecule has 0 saturated carbocycles. The molecule has 0 atom stereocenters. The van der Waals surface area contributed by atoms with Crippen molar-refractivity contribution in [3.63, 3.8) is 0 Å². The normalized spacial score (nSPS) is 10.8. The number of methoxy groups -OCH3 is 1. The van der Waals surface area contributed by atoms with Crippen LogP contribution in [-0.4, -0.2) is 20.3 Å². The SMILES string of the molecule is CCOC(OCC)c1cc(C)ccc1OC. The van der Waals surface area contributed by atoms with Crippen molar-refractivity contribution >= 4 is 0 Å². The van der Waals surface area contributed by atoms with Gasteiger partial charge in [0, 0.05) is 18.8 Å². The van der Waals surface area contributed by atoms with Gasteiger partial charge in [-0.3, -0.25) is 0 Å². The van der Waals surface area contributed by atoms with Gasteiger partial charge >= 0.3 is 0 Å². The summed E-state index contributed by atoms with van der Waals surface area (Å²) in [7, 11) is 1.66. The lowest BCUT2D eigenvalue weighted by molar-refractivity contribution is -0.141. The van der Waals surface area contributed by atoms with Crippen LogP contribution in [0.25, 0.3) is 0 Å². The Balaban J connectivity index is 3.00. The Bertz CT molecular complexity index is 317. The van der Waals surface area contributed by atoms with Crippen LogP contribution in [-0.2, 0) is 9.47 Å². The van der Waals surface area contributed by atoms with E-state index in [-0.39, 0.29) is 6.29 Å². The fraction of sp³-hybridized carbons (Fsp3) is 0.538. The Labute approximate surface area is 97.3 Å². The molecular weight excluding hydrogens is 204 g/mol. The van der Waals surface area contributed by atoms with Gasteiger partial charge in [-0.25, -0.2) is 0 Å². The quantitative estimate of drug-likeness (QED) is 0.695. The molecule has 0 spiro atoms. The summed E-state index contributed by atoms with van der Waals surface area (Å²) in [4.78, 5) is 0. The summed E-state index contributed by atoms with van der Waals surface area (Å²) in [5, 5.41) is 0. The van der Waals surface area contributed by atoms with E-state index in [1.807, 2.05) is 39.0 Å². The molecule has 0 aromatic heterocycles. The van der Waals surface area contributed by atoms with E-state index < -0.39 is 0 Å². The molecule has 0 bridgehead atoms. The Morgan fingerprint density at radius 3 is 2.25 bits per heavy atom. The Kier molecular flexibility index (Phi) is 5.29. The lowest BCUT2D eigenvalue weighted by atomic mass is 10.1. The van der Waals surface area contributed by atoms with E-state index >= 15 is 0 Å². The van der Waals surface area contributed by atoms with Crippen LogP contribution >= 0.6 is 0 Å². The Morgan fingerprint density at radius 2 is 1.75 bits per heavy atom. The number of ether oxygens (including phenoxy) is 3. The molecule has 0 unspecified atom stereocenters. The Morgan fingerprint density at radius 1 is 1.12 bits per heavy atom. The van der Waals surface area contributed by atoms with Crippen molar-refractivity contribution < 1.29 is 14.2 Å². The average molecular weight is 224 g/mol. The standard InChI is InChI=1S/C13H20O3/c1-5-15-13(16-6-2)11-9-10(3)7-8-12(11)14-4/h7-9,13H,5-6H2,1-4H3. The predicted molar refractivity (Wildman–Crippen MR) is 63.7 cm³/mol. The van der Waals surface area contributed by atoms with E-state index in [9.17, 15) is 0 Å². The van der Waals surface area contributed by atoms with Crippen molar-refractivity contribution in [2.24, 2.45) is 0 Å². The van der Waals surface area contributed by atoms with E-state index in [2.05, 4.69) is 0 Å². The van der Waals surface area contributed by atoms with Gasteiger partial charge in [0.25, 0.3) is 0 Å². The lowest BCUT2D eigenvalue weighted by Crippen LogP contribution is -2.10. The zero-order valence-electron chi connectivity index (χ0n) is 10.4. The van der Waals surface area contributed by atoms with E-state index in [0.29, 0.717) is 13.2 Å². The van der Waals surface area contributed by atoms with Crippen LogP contribution < -0.4 is 4.74 Å². The highest BCUT2D eigenvalue weighted by Gasteiger charge is 2.16. The summed E-state index contributed by atoms with van der Waals surface area (Å²) in [6, 6.07) is 5.99. The first-order valence-corrected chi connectivity index (χ1v) is 5.60. The van der Waals surface area contributed by atoms with Crippen molar-refractivity contribution in [2.75, 3.05) is 20.3 Å². The first-order chi connectivity index (χ1) is 7.72. The van der Waals surface area contributed by atoms with Crippen LogP contribution in [0.5, 0.6) is 5.75 Å². The molecular formula is C13H20O3. The zero-order valence-corrected chi connectivity index (χ0v) is 10.4. The number of aryl methyl sites for hydroxylation is 1. The van der Waals surface area contributed by atoms with Gasteiger partial charge in [0.15, 0.2) is 6.29 Å². The second kappa shape index (κ2) is 6.51. The van der Waals surface area contributed by atoms with Gasteiger partial charge < -0.3 is 14.2 Å². The van der Waals surface area contributed by atoms with Crippen molar-refractivity contribution in [3.8, 4) is 5.75 Å². The summed E-state index contributed by atoms with van der Waals surface area (Å²) < 4.78 is 16.4. The van der Waals surface area contributed by atoms with Crippen molar-refractivity contribution in [1.82, 2.24) is 0 Å². The fourth-order valence-electron chi connectivity index (χ4n) is 1.57. The van der Waals surface area contributed by atoms with Crippen LogP contribution in [0, 0.1) is 6.92 Å². The minimum atomic E-state index is -0.343. The third-order valence-corrected chi connectivity index (χ3v) is 2.28. The molecule has 0 saturated heterocycles. The molecule has 16 heavy (non-hydrogen) atoms. The summed E-state index contributed by atoms with van der Waals surface area (Å²) in [5.74, 6) is 0.803. The molecule has 0 amide bonds. The average Bonchev–Trinajstić information content (AvgIpc) is 2.29. The summed E-state index contributed by atoms with van der Waals surface area (Å²) >= 11 is 0. The van der Waals surface area contributed by atoms with Crippen molar-refractivity contribution in [3.05, 3.63) is 29.3 Å². The Hall–Kier alpha value is -1.06. The van der Waals surface area contributed by atoms with Gasteiger partial charge in [-0.05, 0) is 32.9 Å². The summed E-state index contributed by atoms with van der Waals surface area (Å²) in [6.45, 7) is 7.17. The smallest absolute Gasteiger partial charge is 0.187 e. The molecule has 3 nitrogen and oxygen atoms in total. The van der Waals surface area contributed by atoms with Gasteiger partial charge in [0.1, 0.15) is 5.75 Å². The fourth-order valence-corrected chi connectivity index (χ4v) is 1.57. The zero-order chi connectivity index (χ0) is 12.0. The highest BCUT2D eigenvalue weighted by Crippen LogP contribution is 2.29. The van der Waals surface area contributed by atoms with Crippen LogP contribution in [0.1, 0.15) is 31.3 Å². The highest BCUT2D eigenvalue weighted by atomic mass is 16.7. The maximum Gasteiger partial charge on any atom is 0.187 e. The summed E-state index contributed by atoms with van der Waals surface area (Å²) in [5.41, 5.74) is 2.12. The van der Waals surface area contributed by atoms with Gasteiger partial charge in [0.05, 0.1) is 7.11 Å². The third-order valence-electron chi connectivity index (χ3n) is 2.28. The molecule has 3 heteroatoms. The molecule has 0 radical (unpaired) electrons. The highest BCUT2D eigenvalue weighted by molar-refractivity contribution is 5.37. The van der Waals surface area contributed by atoms with Gasteiger partial charge in [-0.1, -0.05) is 11.6 Å². The molecule has 0 N–H and O–H groups in total. The van der Waals surface area contributed by atoms with Crippen LogP contribution in [0.2, 0.25) is 0 Å². The molecule has 0 aliphatic heterocycles. The molecule has 0 heterocycles. The molecule has 90 valence electrons. The van der Waals surface area contributed by atoms with Crippen LogP contribution in [0.4, 0.5) is 0 Å². The number of benzene rings is 1. The second-order valence-corrected chi connectivity index (χ2v) is 3.49. The molecule has 0 aliphatic rings. The molecule has 0 aliphatic carbocycles. The monoisotopic (exact) mass is 224 g/mol. The molecule has 0 fully saturated rings. The molecule has 1 rings (SSSR count). The predicted octanol–water partition coefficient (Wildman–Crippen LogP) is 3.08. The minimum Gasteiger partial charge on any atom is -0.496 e. The number of hydrogen-bond donors (Lipinski definition) is 0. The molecule has 1 aromatic carbocycles. The third kappa shape index (κ3) is 3.22. The first-order valence-electron chi connectivity index (χ1n) is 5.60. The van der Waals surface area contributed by atoms with E-state index in [4.69, 9.17) is 14.2 Å². The second-order valence-electron chi connectivity index (χ2n) is 3.49. The van der Waals surface area contributed by atoms with Crippen molar-refractivity contribution in [2.45, 2.75) is 27.1 Å². The summed E-state index contributed by atoms with van der Waals surface area (Å²) in [6.07, 6.45) is -0.343. The minimum absolute atomic E-state index is 0.343. The number of rotatable bonds is 6. The number of hydrogen-bond acceptors (Lipinski definition) is 3. The molecule has 1 aromatic rings. The largest absolute Gasteiger partial charge is 0.496 e. The van der Waals surface area contributed by atoms with E-state index in [0.717, 1.165) is 11.3 Å². The topological polar surface area (TPSA) is 27.7 Å². The lowest BCUT2D eigenvalue weighted by Gasteiger charge is -2.20. The first kappa shape index (κ1) is 13.0.